The molecule has 0 aromatic heterocycles. The summed E-state index contributed by atoms with van der Waals surface area (Å²) in [5.41, 5.74) is 11.7. The minimum absolute atomic E-state index is 0.149. The molecule has 0 fully saturated rings. The Morgan fingerprint density at radius 2 is 2.00 bits per heavy atom. The van der Waals surface area contributed by atoms with Gasteiger partial charge in [0, 0.05) is 12.6 Å². The van der Waals surface area contributed by atoms with Gasteiger partial charge in [0.25, 0.3) is 0 Å². The summed E-state index contributed by atoms with van der Waals surface area (Å²) < 4.78 is 0. The molecule has 14 heavy (non-hydrogen) atoms. The second-order valence-corrected chi connectivity index (χ2v) is 3.60. The van der Waals surface area contributed by atoms with Crippen molar-refractivity contribution in [2.24, 2.45) is 16.5 Å². The van der Waals surface area contributed by atoms with E-state index in [9.17, 15) is 0 Å². The Morgan fingerprint density at radius 3 is 2.36 bits per heavy atom. The van der Waals surface area contributed by atoms with Crippen LogP contribution in [0.2, 0.25) is 0 Å². The molecule has 0 spiro atoms. The standard InChI is InChI=1S/C10H22N4/c1-5-9(14(3)4)8(2)6-7-13-10(11)12/h9H,2,5-7H2,1,3-4H3,(H4,11,12,13)/t9-/m1/s1. The highest BCUT2D eigenvalue weighted by Crippen LogP contribution is 2.13. The number of nitrogens with zero attached hydrogens (tertiary/aromatic N) is 2. The molecule has 0 aromatic carbocycles. The van der Waals surface area contributed by atoms with Crippen LogP contribution in [-0.4, -0.2) is 37.5 Å². The minimum Gasteiger partial charge on any atom is -0.370 e. The van der Waals surface area contributed by atoms with Gasteiger partial charge < -0.3 is 16.4 Å². The van der Waals surface area contributed by atoms with E-state index in [2.05, 4.69) is 37.5 Å². The molecule has 0 saturated heterocycles. The lowest BCUT2D eigenvalue weighted by Gasteiger charge is -2.24. The summed E-state index contributed by atoms with van der Waals surface area (Å²) in [6.45, 7) is 6.83. The molecule has 0 bridgehead atoms. The van der Waals surface area contributed by atoms with Crippen LogP contribution in [0.15, 0.2) is 17.1 Å². The third-order valence-electron chi connectivity index (χ3n) is 2.21. The molecular weight excluding hydrogens is 176 g/mol. The van der Waals surface area contributed by atoms with Crippen molar-refractivity contribution in [3.8, 4) is 0 Å². The van der Waals surface area contributed by atoms with Gasteiger partial charge in [-0.3, -0.25) is 4.99 Å². The molecule has 0 radical (unpaired) electrons. The third-order valence-corrected chi connectivity index (χ3v) is 2.21. The fourth-order valence-corrected chi connectivity index (χ4v) is 1.51. The van der Waals surface area contributed by atoms with Crippen LogP contribution >= 0.6 is 0 Å². The number of aliphatic imine (C=N–C) groups is 1. The molecule has 4 nitrogen and oxygen atoms in total. The average Bonchev–Trinajstić information content (AvgIpc) is 2.03. The number of likely N-dealkylation sites (N-methyl/N-ethyl adjacent to an activating group) is 1. The Balaban J connectivity index is 4.00. The molecule has 82 valence electrons. The van der Waals surface area contributed by atoms with Crippen molar-refractivity contribution in [1.82, 2.24) is 4.90 Å². The Bertz CT molecular complexity index is 204. The van der Waals surface area contributed by atoms with Gasteiger partial charge in [-0.25, -0.2) is 0 Å². The normalized spacial score (nSPS) is 12.6. The molecule has 0 heterocycles. The van der Waals surface area contributed by atoms with Gasteiger partial charge in [-0.15, -0.1) is 0 Å². The molecule has 0 amide bonds. The molecule has 0 saturated carbocycles. The van der Waals surface area contributed by atoms with Crippen LogP contribution in [0, 0.1) is 0 Å². The SMILES string of the molecule is C=C(CCN=C(N)N)[C@@H](CC)N(C)C. The first kappa shape index (κ1) is 13.0. The van der Waals surface area contributed by atoms with Crippen LogP contribution in [0.25, 0.3) is 0 Å². The molecule has 0 rings (SSSR count). The monoisotopic (exact) mass is 198 g/mol. The van der Waals surface area contributed by atoms with Crippen molar-refractivity contribution >= 4 is 5.96 Å². The number of hydrogen-bond acceptors (Lipinski definition) is 2. The fraction of sp³-hybridized carbons (Fsp3) is 0.700. The summed E-state index contributed by atoms with van der Waals surface area (Å²) in [6.07, 6.45) is 1.91. The predicted octanol–water partition coefficient (Wildman–Crippen LogP) is 0.546. The van der Waals surface area contributed by atoms with E-state index in [1.165, 1.54) is 5.57 Å². The Kier molecular flexibility index (Phi) is 5.95. The maximum Gasteiger partial charge on any atom is 0.185 e. The summed E-state index contributed by atoms with van der Waals surface area (Å²) in [6, 6.07) is 0.421. The summed E-state index contributed by atoms with van der Waals surface area (Å²) in [7, 11) is 4.11. The smallest absolute Gasteiger partial charge is 0.185 e. The topological polar surface area (TPSA) is 67.6 Å². The van der Waals surface area contributed by atoms with Crippen LogP contribution in [0.5, 0.6) is 0 Å². The van der Waals surface area contributed by atoms with Crippen LogP contribution in [0.4, 0.5) is 0 Å². The van der Waals surface area contributed by atoms with Gasteiger partial charge in [-0.05, 0) is 26.9 Å². The van der Waals surface area contributed by atoms with Gasteiger partial charge in [0.15, 0.2) is 5.96 Å². The zero-order chi connectivity index (χ0) is 11.1. The van der Waals surface area contributed by atoms with E-state index < -0.39 is 0 Å². The van der Waals surface area contributed by atoms with E-state index in [-0.39, 0.29) is 5.96 Å². The second-order valence-electron chi connectivity index (χ2n) is 3.60. The first-order valence-electron chi connectivity index (χ1n) is 4.88. The van der Waals surface area contributed by atoms with E-state index >= 15 is 0 Å². The van der Waals surface area contributed by atoms with Crippen molar-refractivity contribution in [2.45, 2.75) is 25.8 Å². The molecule has 4 N–H and O–H groups in total. The molecule has 0 aliphatic carbocycles. The Morgan fingerprint density at radius 1 is 1.43 bits per heavy atom. The van der Waals surface area contributed by atoms with Crippen molar-refractivity contribution < 1.29 is 0 Å². The highest BCUT2D eigenvalue weighted by molar-refractivity contribution is 5.75. The van der Waals surface area contributed by atoms with Gasteiger partial charge in [-0.1, -0.05) is 19.1 Å². The lowest BCUT2D eigenvalue weighted by atomic mass is 10.0. The molecule has 0 aliphatic heterocycles. The van der Waals surface area contributed by atoms with E-state index in [4.69, 9.17) is 11.5 Å². The average molecular weight is 198 g/mol. The van der Waals surface area contributed by atoms with Crippen molar-refractivity contribution in [1.29, 1.82) is 0 Å². The number of hydrogen-bond donors (Lipinski definition) is 2. The van der Waals surface area contributed by atoms with Crippen LogP contribution < -0.4 is 11.5 Å². The lowest BCUT2D eigenvalue weighted by molar-refractivity contribution is 0.318. The lowest BCUT2D eigenvalue weighted by Crippen LogP contribution is -2.29. The summed E-state index contributed by atoms with van der Waals surface area (Å²) >= 11 is 0. The summed E-state index contributed by atoms with van der Waals surface area (Å²) in [4.78, 5) is 6.10. The Labute approximate surface area is 86.7 Å². The zero-order valence-corrected chi connectivity index (χ0v) is 9.45. The maximum atomic E-state index is 5.23. The minimum atomic E-state index is 0.149. The zero-order valence-electron chi connectivity index (χ0n) is 9.45. The van der Waals surface area contributed by atoms with Crippen LogP contribution in [0.1, 0.15) is 19.8 Å². The van der Waals surface area contributed by atoms with Crippen LogP contribution in [-0.2, 0) is 0 Å². The summed E-state index contributed by atoms with van der Waals surface area (Å²) in [5, 5.41) is 0. The number of nitrogens with two attached hydrogens (primary N) is 2. The quantitative estimate of drug-likeness (QED) is 0.372. The first-order chi connectivity index (χ1) is 6.49. The molecule has 0 unspecified atom stereocenters. The van der Waals surface area contributed by atoms with Crippen molar-refractivity contribution in [3.63, 3.8) is 0 Å². The highest BCUT2D eigenvalue weighted by atomic mass is 15.1. The Hall–Kier alpha value is -1.03. The van der Waals surface area contributed by atoms with Gasteiger partial charge in [0.05, 0.1) is 0 Å². The van der Waals surface area contributed by atoms with Gasteiger partial charge in [0.2, 0.25) is 0 Å². The molecule has 0 aliphatic rings. The van der Waals surface area contributed by atoms with E-state index in [1.54, 1.807) is 0 Å². The first-order valence-corrected chi connectivity index (χ1v) is 4.88. The van der Waals surface area contributed by atoms with Gasteiger partial charge in [-0.2, -0.15) is 0 Å². The van der Waals surface area contributed by atoms with E-state index in [0.29, 0.717) is 12.6 Å². The molecule has 4 heteroatoms. The third kappa shape index (κ3) is 4.87. The van der Waals surface area contributed by atoms with Crippen LogP contribution in [0.3, 0.4) is 0 Å². The largest absolute Gasteiger partial charge is 0.370 e. The van der Waals surface area contributed by atoms with Crippen molar-refractivity contribution in [2.75, 3.05) is 20.6 Å². The predicted molar refractivity (Wildman–Crippen MR) is 62.2 cm³/mol. The molecular formula is C10H22N4. The second kappa shape index (κ2) is 6.43. The number of rotatable bonds is 6. The molecule has 0 aromatic rings. The molecule has 1 atom stereocenters. The van der Waals surface area contributed by atoms with E-state index in [0.717, 1.165) is 12.8 Å². The fourth-order valence-electron chi connectivity index (χ4n) is 1.51. The number of guanidine groups is 1. The van der Waals surface area contributed by atoms with Gasteiger partial charge >= 0.3 is 0 Å². The van der Waals surface area contributed by atoms with Crippen molar-refractivity contribution in [3.05, 3.63) is 12.2 Å². The summed E-state index contributed by atoms with van der Waals surface area (Å²) in [5.74, 6) is 0.149. The van der Waals surface area contributed by atoms with Gasteiger partial charge in [0.1, 0.15) is 0 Å². The highest BCUT2D eigenvalue weighted by Gasteiger charge is 2.11. The van der Waals surface area contributed by atoms with E-state index in [1.807, 2.05) is 0 Å². The maximum absolute atomic E-state index is 5.23.